The van der Waals surface area contributed by atoms with Crippen molar-refractivity contribution in [3.05, 3.63) is 52.9 Å². The van der Waals surface area contributed by atoms with Crippen LogP contribution in [0.3, 0.4) is 0 Å². The molecular weight excluding hydrogens is 292 g/mol. The topological polar surface area (TPSA) is 72.2 Å². The Hall–Kier alpha value is -1.21. The molecule has 1 aliphatic carbocycles. The highest BCUT2D eigenvalue weighted by atomic mass is 32.2. The van der Waals surface area contributed by atoms with Crippen LogP contribution in [-0.4, -0.2) is 14.5 Å². The van der Waals surface area contributed by atoms with Crippen molar-refractivity contribution in [2.75, 3.05) is 0 Å². The molecule has 6 heteroatoms. The molecule has 1 aromatic heterocycles. The van der Waals surface area contributed by atoms with Gasteiger partial charge < -0.3 is 5.73 Å². The molecule has 1 aromatic carbocycles. The highest BCUT2D eigenvalue weighted by molar-refractivity contribution is 7.91. The molecule has 0 amide bonds. The summed E-state index contributed by atoms with van der Waals surface area (Å²) in [5, 5.41) is 0. The second-order valence-electron chi connectivity index (χ2n) is 4.91. The predicted molar refractivity (Wildman–Crippen MR) is 80.1 cm³/mol. The van der Waals surface area contributed by atoms with Crippen LogP contribution in [0.2, 0.25) is 0 Å². The molecule has 1 saturated carbocycles. The second kappa shape index (κ2) is 5.29. The third kappa shape index (κ3) is 2.78. The first-order valence-corrected chi connectivity index (χ1v) is 8.76. The number of rotatable bonds is 5. The van der Waals surface area contributed by atoms with E-state index in [9.17, 15) is 8.42 Å². The van der Waals surface area contributed by atoms with Crippen LogP contribution in [-0.2, 0) is 16.6 Å². The summed E-state index contributed by atoms with van der Waals surface area (Å²) in [4.78, 5) is 0.876. The van der Waals surface area contributed by atoms with E-state index in [0.29, 0.717) is 16.7 Å². The minimum absolute atomic E-state index is 0.00539. The molecule has 0 aliphatic heterocycles. The summed E-state index contributed by atoms with van der Waals surface area (Å²) in [6.45, 7) is 0.371. The van der Waals surface area contributed by atoms with Gasteiger partial charge in [0.1, 0.15) is 4.21 Å². The molecule has 0 radical (unpaired) electrons. The summed E-state index contributed by atoms with van der Waals surface area (Å²) >= 11 is 1.23. The minimum atomic E-state index is -3.41. The Kier molecular flexibility index (Phi) is 3.64. The number of sulfonamides is 1. The maximum atomic E-state index is 12.2. The number of thiophene rings is 1. The van der Waals surface area contributed by atoms with Crippen molar-refractivity contribution >= 4 is 21.4 Å². The van der Waals surface area contributed by atoms with Gasteiger partial charge in [0.05, 0.1) is 0 Å². The molecule has 0 bridgehead atoms. The van der Waals surface area contributed by atoms with E-state index in [1.807, 2.05) is 30.3 Å². The molecule has 1 fully saturated rings. The number of hydrogen-bond acceptors (Lipinski definition) is 4. The zero-order chi connectivity index (χ0) is 14.2. The third-order valence-corrected chi connectivity index (χ3v) is 6.52. The van der Waals surface area contributed by atoms with Crippen molar-refractivity contribution in [3.63, 3.8) is 0 Å². The van der Waals surface area contributed by atoms with Crippen LogP contribution in [0.1, 0.15) is 22.8 Å². The molecule has 3 N–H and O–H groups in total. The highest BCUT2D eigenvalue weighted by Crippen LogP contribution is 2.41. The maximum absolute atomic E-state index is 12.2. The van der Waals surface area contributed by atoms with E-state index in [0.717, 1.165) is 11.3 Å². The van der Waals surface area contributed by atoms with Crippen LogP contribution in [0, 0.1) is 0 Å². The lowest BCUT2D eigenvalue weighted by atomic mass is 10.1. The fourth-order valence-electron chi connectivity index (χ4n) is 2.26. The first-order valence-electron chi connectivity index (χ1n) is 6.46. The fraction of sp³-hybridized carbons (Fsp3) is 0.286. The van der Waals surface area contributed by atoms with Crippen molar-refractivity contribution in [3.8, 4) is 0 Å². The van der Waals surface area contributed by atoms with Gasteiger partial charge in [0, 0.05) is 23.4 Å². The molecule has 2 aromatic rings. The fourth-order valence-corrected chi connectivity index (χ4v) is 4.80. The summed E-state index contributed by atoms with van der Waals surface area (Å²) < 4.78 is 27.6. The lowest BCUT2D eigenvalue weighted by Gasteiger charge is -2.04. The maximum Gasteiger partial charge on any atom is 0.250 e. The van der Waals surface area contributed by atoms with Gasteiger partial charge in [0.15, 0.2) is 0 Å². The van der Waals surface area contributed by atoms with E-state index < -0.39 is 10.0 Å². The molecule has 20 heavy (non-hydrogen) atoms. The molecule has 4 nitrogen and oxygen atoms in total. The Morgan fingerprint density at radius 3 is 2.60 bits per heavy atom. The van der Waals surface area contributed by atoms with Gasteiger partial charge in [-0.25, -0.2) is 13.1 Å². The van der Waals surface area contributed by atoms with Gasteiger partial charge in [-0.3, -0.25) is 0 Å². The first kappa shape index (κ1) is 13.8. The van der Waals surface area contributed by atoms with Crippen LogP contribution < -0.4 is 10.5 Å². The lowest BCUT2D eigenvalue weighted by Crippen LogP contribution is -2.26. The molecule has 1 heterocycles. The molecule has 1 aliphatic rings. The van der Waals surface area contributed by atoms with Crippen molar-refractivity contribution < 1.29 is 8.42 Å². The average Bonchev–Trinajstić information content (AvgIpc) is 3.02. The summed E-state index contributed by atoms with van der Waals surface area (Å²) in [7, 11) is -3.41. The number of nitrogens with two attached hydrogens (primary N) is 1. The zero-order valence-corrected chi connectivity index (χ0v) is 12.5. The quantitative estimate of drug-likeness (QED) is 0.888. The highest BCUT2D eigenvalue weighted by Gasteiger charge is 2.41. The predicted octanol–water partition coefficient (Wildman–Crippen LogP) is 2.04. The van der Waals surface area contributed by atoms with Crippen LogP contribution in [0.4, 0.5) is 0 Å². The Morgan fingerprint density at radius 2 is 1.95 bits per heavy atom. The van der Waals surface area contributed by atoms with Crippen molar-refractivity contribution in [1.29, 1.82) is 0 Å². The zero-order valence-electron chi connectivity index (χ0n) is 10.8. The number of benzene rings is 1. The standard InChI is InChI=1S/C14H16N2O2S2/c15-9-11-6-7-14(19-11)20(17,18)16-13-8-12(13)10-4-2-1-3-5-10/h1-7,12-13,16H,8-9,15H2. The van der Waals surface area contributed by atoms with Crippen LogP contribution >= 0.6 is 11.3 Å². The SMILES string of the molecule is NCc1ccc(S(=O)(=O)NC2CC2c2ccccc2)s1. The third-order valence-electron chi connectivity index (χ3n) is 3.43. The van der Waals surface area contributed by atoms with E-state index in [4.69, 9.17) is 5.73 Å². The van der Waals surface area contributed by atoms with Gasteiger partial charge in [-0.1, -0.05) is 30.3 Å². The summed E-state index contributed by atoms with van der Waals surface area (Å²) in [6, 6.07) is 13.4. The molecular formula is C14H16N2O2S2. The van der Waals surface area contributed by atoms with Gasteiger partial charge in [-0.15, -0.1) is 11.3 Å². The van der Waals surface area contributed by atoms with E-state index in [1.54, 1.807) is 12.1 Å². The van der Waals surface area contributed by atoms with Crippen molar-refractivity contribution in [2.24, 2.45) is 5.73 Å². The van der Waals surface area contributed by atoms with E-state index in [1.165, 1.54) is 16.9 Å². The molecule has 2 unspecified atom stereocenters. The Morgan fingerprint density at radius 1 is 1.20 bits per heavy atom. The monoisotopic (exact) mass is 308 g/mol. The second-order valence-corrected chi connectivity index (χ2v) is 8.01. The van der Waals surface area contributed by atoms with Crippen LogP contribution in [0.25, 0.3) is 0 Å². The van der Waals surface area contributed by atoms with Gasteiger partial charge in [-0.05, 0) is 24.1 Å². The summed E-state index contributed by atoms with van der Waals surface area (Å²) in [5.74, 6) is 0.292. The van der Waals surface area contributed by atoms with E-state index in [2.05, 4.69) is 4.72 Å². The molecule has 3 rings (SSSR count). The van der Waals surface area contributed by atoms with Gasteiger partial charge in [0.2, 0.25) is 10.0 Å². The van der Waals surface area contributed by atoms with Crippen molar-refractivity contribution in [2.45, 2.75) is 29.1 Å². The Bertz CT molecular complexity index is 695. The first-order chi connectivity index (χ1) is 9.60. The van der Waals surface area contributed by atoms with Gasteiger partial charge in [-0.2, -0.15) is 0 Å². The average molecular weight is 308 g/mol. The molecule has 0 saturated heterocycles. The smallest absolute Gasteiger partial charge is 0.250 e. The summed E-state index contributed by atoms with van der Waals surface area (Å²) in [5.41, 5.74) is 6.70. The van der Waals surface area contributed by atoms with E-state index >= 15 is 0 Å². The molecule has 106 valence electrons. The lowest BCUT2D eigenvalue weighted by molar-refractivity contribution is 0.582. The van der Waals surface area contributed by atoms with Crippen LogP contribution in [0.15, 0.2) is 46.7 Å². The molecule has 0 spiro atoms. The largest absolute Gasteiger partial charge is 0.326 e. The van der Waals surface area contributed by atoms with Crippen LogP contribution in [0.5, 0.6) is 0 Å². The number of nitrogens with one attached hydrogen (secondary N) is 1. The number of hydrogen-bond donors (Lipinski definition) is 2. The summed E-state index contributed by atoms with van der Waals surface area (Å²) in [6.07, 6.45) is 0.859. The normalized spacial score (nSPS) is 21.9. The van der Waals surface area contributed by atoms with Crippen molar-refractivity contribution in [1.82, 2.24) is 4.72 Å². The van der Waals surface area contributed by atoms with E-state index in [-0.39, 0.29) is 6.04 Å². The Balaban J connectivity index is 1.70. The van der Waals surface area contributed by atoms with Gasteiger partial charge >= 0.3 is 0 Å². The molecule has 2 atom stereocenters. The van der Waals surface area contributed by atoms with Gasteiger partial charge in [0.25, 0.3) is 0 Å². The Labute approximate surface area is 122 Å². The minimum Gasteiger partial charge on any atom is -0.326 e.